The van der Waals surface area contributed by atoms with Crippen LogP contribution in [-0.4, -0.2) is 44.7 Å². The van der Waals surface area contributed by atoms with Crippen LogP contribution in [0.15, 0.2) is 47.6 Å². The van der Waals surface area contributed by atoms with Crippen LogP contribution >= 0.6 is 24.0 Å². The minimum absolute atomic E-state index is 0. The van der Waals surface area contributed by atoms with E-state index in [1.807, 2.05) is 18.3 Å². The molecule has 1 aliphatic heterocycles. The smallest absolute Gasteiger partial charge is 0.191 e. The van der Waals surface area contributed by atoms with Crippen LogP contribution in [0, 0.1) is 0 Å². The molecule has 7 heteroatoms. The molecule has 1 aliphatic rings. The van der Waals surface area contributed by atoms with Crippen molar-refractivity contribution in [2.24, 2.45) is 4.99 Å². The van der Waals surface area contributed by atoms with Gasteiger partial charge in [0, 0.05) is 39.4 Å². The summed E-state index contributed by atoms with van der Waals surface area (Å²) in [5, 5.41) is 6.78. The summed E-state index contributed by atoms with van der Waals surface area (Å²) in [5.41, 5.74) is 2.47. The number of hydrogen-bond acceptors (Lipinski definition) is 4. The van der Waals surface area contributed by atoms with Crippen molar-refractivity contribution in [3.05, 3.63) is 53.7 Å². The van der Waals surface area contributed by atoms with Crippen LogP contribution in [0.1, 0.15) is 43.2 Å². The Morgan fingerprint density at radius 2 is 1.87 bits per heavy atom. The lowest BCUT2D eigenvalue weighted by molar-refractivity contribution is 0.414. The molecule has 6 nitrogen and oxygen atoms in total. The molecule has 0 saturated carbocycles. The van der Waals surface area contributed by atoms with Crippen LogP contribution in [0.25, 0.3) is 0 Å². The van der Waals surface area contributed by atoms with Gasteiger partial charge in [-0.05, 0) is 54.5 Å². The number of methoxy groups -OCH3 is 1. The van der Waals surface area contributed by atoms with Crippen molar-refractivity contribution in [2.75, 3.05) is 38.7 Å². The highest BCUT2D eigenvalue weighted by Crippen LogP contribution is 2.21. The molecule has 0 spiro atoms. The molecule has 0 bridgehead atoms. The van der Waals surface area contributed by atoms with Crippen LogP contribution in [0.3, 0.4) is 0 Å². The van der Waals surface area contributed by atoms with Gasteiger partial charge in [-0.2, -0.15) is 0 Å². The number of hydrogen-bond donors (Lipinski definition) is 2. The second-order valence-corrected chi connectivity index (χ2v) is 7.53. The number of aliphatic imine (C=N–C) groups is 1. The summed E-state index contributed by atoms with van der Waals surface area (Å²) in [7, 11) is 3.50. The monoisotopic (exact) mass is 523 g/mol. The average Bonchev–Trinajstić information content (AvgIpc) is 3.31. The van der Waals surface area contributed by atoms with E-state index < -0.39 is 0 Å². The fraction of sp³-hybridized carbons (Fsp3) is 0.478. The van der Waals surface area contributed by atoms with Crippen LogP contribution in [0.4, 0.5) is 5.82 Å². The van der Waals surface area contributed by atoms with E-state index in [9.17, 15) is 0 Å². The number of nitrogens with one attached hydrogen (secondary N) is 2. The first-order chi connectivity index (χ1) is 14.2. The van der Waals surface area contributed by atoms with Gasteiger partial charge in [-0.1, -0.05) is 25.1 Å². The molecule has 2 heterocycles. The van der Waals surface area contributed by atoms with Gasteiger partial charge >= 0.3 is 0 Å². The van der Waals surface area contributed by atoms with Gasteiger partial charge in [0.05, 0.1) is 7.11 Å². The van der Waals surface area contributed by atoms with E-state index in [0.29, 0.717) is 12.5 Å². The lowest BCUT2D eigenvalue weighted by atomic mass is 9.98. The Hall–Kier alpha value is -2.03. The summed E-state index contributed by atoms with van der Waals surface area (Å²) in [5.74, 6) is 3.26. The zero-order valence-electron chi connectivity index (χ0n) is 18.2. The first-order valence-electron chi connectivity index (χ1n) is 10.5. The average molecular weight is 523 g/mol. The number of aromatic nitrogens is 1. The number of pyridine rings is 1. The van der Waals surface area contributed by atoms with E-state index in [-0.39, 0.29) is 24.0 Å². The molecule has 164 valence electrons. The third kappa shape index (κ3) is 7.04. The van der Waals surface area contributed by atoms with Gasteiger partial charge in [0.1, 0.15) is 11.6 Å². The van der Waals surface area contributed by atoms with Gasteiger partial charge in [-0.3, -0.25) is 4.99 Å². The topological polar surface area (TPSA) is 61.8 Å². The Kier molecular flexibility index (Phi) is 10.2. The van der Waals surface area contributed by atoms with Gasteiger partial charge in [0.25, 0.3) is 0 Å². The van der Waals surface area contributed by atoms with Crippen molar-refractivity contribution in [1.82, 2.24) is 15.6 Å². The molecule has 30 heavy (non-hydrogen) atoms. The summed E-state index contributed by atoms with van der Waals surface area (Å²) in [6, 6.07) is 12.6. The second kappa shape index (κ2) is 12.6. The Balaban J connectivity index is 0.00000320. The van der Waals surface area contributed by atoms with Gasteiger partial charge in [-0.25, -0.2) is 4.98 Å². The summed E-state index contributed by atoms with van der Waals surface area (Å²) in [6.45, 7) is 6.06. The maximum atomic E-state index is 5.23. The summed E-state index contributed by atoms with van der Waals surface area (Å²) in [4.78, 5) is 11.3. The van der Waals surface area contributed by atoms with Gasteiger partial charge < -0.3 is 20.3 Å². The van der Waals surface area contributed by atoms with E-state index >= 15 is 0 Å². The van der Waals surface area contributed by atoms with Gasteiger partial charge in [0.2, 0.25) is 0 Å². The number of nitrogens with zero attached hydrogens (tertiary/aromatic N) is 3. The summed E-state index contributed by atoms with van der Waals surface area (Å²) < 4.78 is 5.23. The molecule has 1 aromatic carbocycles. The maximum Gasteiger partial charge on any atom is 0.191 e. The Morgan fingerprint density at radius 3 is 2.47 bits per heavy atom. The van der Waals surface area contributed by atoms with E-state index in [2.05, 4.69) is 56.7 Å². The predicted octanol–water partition coefficient (Wildman–Crippen LogP) is 4.17. The third-order valence-corrected chi connectivity index (χ3v) is 5.48. The zero-order chi connectivity index (χ0) is 20.5. The molecule has 0 aliphatic carbocycles. The highest BCUT2D eigenvalue weighted by molar-refractivity contribution is 14.0. The molecule has 1 fully saturated rings. The summed E-state index contributed by atoms with van der Waals surface area (Å²) in [6.07, 6.45) is 5.52. The molecule has 3 rings (SSSR count). The normalized spacial score (nSPS) is 14.8. The first kappa shape index (κ1) is 24.2. The van der Waals surface area contributed by atoms with Crippen molar-refractivity contribution in [1.29, 1.82) is 0 Å². The predicted molar refractivity (Wildman–Crippen MR) is 135 cm³/mol. The van der Waals surface area contributed by atoms with E-state index in [1.54, 1.807) is 14.2 Å². The largest absolute Gasteiger partial charge is 0.497 e. The summed E-state index contributed by atoms with van der Waals surface area (Å²) >= 11 is 0. The maximum absolute atomic E-state index is 5.23. The molecule has 1 unspecified atom stereocenters. The van der Waals surface area contributed by atoms with Crippen molar-refractivity contribution < 1.29 is 4.74 Å². The fourth-order valence-electron chi connectivity index (χ4n) is 3.57. The number of ether oxygens (including phenoxy) is 1. The van der Waals surface area contributed by atoms with Crippen molar-refractivity contribution in [3.63, 3.8) is 0 Å². The Bertz CT molecular complexity index is 773. The lowest BCUT2D eigenvalue weighted by Gasteiger charge is -2.17. The number of benzene rings is 1. The minimum atomic E-state index is 0. The standard InChI is InChI=1S/C23H33N5O.HI/c1-18(20-7-9-21(29-3)10-8-20)12-13-25-23(24-2)27-17-19-6-11-22(26-16-19)28-14-4-5-15-28;/h6-11,16,18H,4-5,12-15,17H2,1-3H3,(H2,24,25,27);1H. The van der Waals surface area contributed by atoms with Crippen molar-refractivity contribution in [2.45, 2.75) is 38.6 Å². The third-order valence-electron chi connectivity index (χ3n) is 5.48. The van der Waals surface area contributed by atoms with Crippen LogP contribution in [0.5, 0.6) is 5.75 Å². The van der Waals surface area contributed by atoms with Crippen LogP contribution < -0.4 is 20.3 Å². The van der Waals surface area contributed by atoms with Crippen LogP contribution in [0.2, 0.25) is 0 Å². The number of halogens is 1. The molecule has 1 saturated heterocycles. The second-order valence-electron chi connectivity index (χ2n) is 7.53. The van der Waals surface area contributed by atoms with Crippen molar-refractivity contribution >= 4 is 35.8 Å². The Labute approximate surface area is 197 Å². The van der Waals surface area contributed by atoms with E-state index in [4.69, 9.17) is 4.74 Å². The molecular weight excluding hydrogens is 489 g/mol. The van der Waals surface area contributed by atoms with E-state index in [0.717, 1.165) is 49.1 Å². The number of rotatable bonds is 8. The molecule has 2 aromatic rings. The highest BCUT2D eigenvalue weighted by atomic mass is 127. The lowest BCUT2D eigenvalue weighted by Crippen LogP contribution is -2.37. The van der Waals surface area contributed by atoms with Gasteiger partial charge in [0.15, 0.2) is 5.96 Å². The zero-order valence-corrected chi connectivity index (χ0v) is 20.6. The quantitative estimate of drug-likeness (QED) is 0.309. The molecule has 2 N–H and O–H groups in total. The molecule has 1 atom stereocenters. The van der Waals surface area contributed by atoms with Gasteiger partial charge in [-0.15, -0.1) is 24.0 Å². The SMILES string of the molecule is CN=C(NCCC(C)c1ccc(OC)cc1)NCc1ccc(N2CCCC2)nc1.I. The Morgan fingerprint density at radius 1 is 1.13 bits per heavy atom. The molecule has 0 amide bonds. The first-order valence-corrected chi connectivity index (χ1v) is 10.5. The fourth-order valence-corrected chi connectivity index (χ4v) is 3.57. The molecular formula is C23H34IN5O. The van der Waals surface area contributed by atoms with E-state index in [1.165, 1.54) is 18.4 Å². The number of anilines is 1. The number of guanidine groups is 1. The van der Waals surface area contributed by atoms with Crippen LogP contribution in [-0.2, 0) is 6.54 Å². The molecule has 1 aromatic heterocycles. The minimum Gasteiger partial charge on any atom is -0.497 e. The van der Waals surface area contributed by atoms with Crippen molar-refractivity contribution in [3.8, 4) is 5.75 Å². The molecule has 0 radical (unpaired) electrons. The highest BCUT2D eigenvalue weighted by Gasteiger charge is 2.13.